The lowest BCUT2D eigenvalue weighted by atomic mass is 10.0. The summed E-state index contributed by atoms with van der Waals surface area (Å²) < 4.78 is 1.42. The average molecular weight is 413 g/mol. The number of halogens is 1. The molecule has 3 aromatic rings. The zero-order chi connectivity index (χ0) is 21.0. The third-order valence-corrected chi connectivity index (χ3v) is 4.28. The molecule has 3 rings (SSSR count). The van der Waals surface area contributed by atoms with Crippen molar-refractivity contribution in [3.05, 3.63) is 70.9 Å². The molecule has 0 spiro atoms. The number of primary amides is 1. The third kappa shape index (κ3) is 4.82. The van der Waals surface area contributed by atoms with Crippen LogP contribution in [0, 0.1) is 6.92 Å². The lowest BCUT2D eigenvalue weighted by Crippen LogP contribution is -2.47. The van der Waals surface area contributed by atoms with Gasteiger partial charge in [0, 0.05) is 24.4 Å². The SMILES string of the molecule is Cc1cc(C(=O)NC(Cc2ccccc2)C(=O)C(N)=O)nn1-c1ccnc(Cl)n1. The van der Waals surface area contributed by atoms with Crippen molar-refractivity contribution in [3.63, 3.8) is 0 Å². The normalized spacial score (nSPS) is 11.7. The molecule has 3 N–H and O–H groups in total. The molecule has 0 radical (unpaired) electrons. The van der Waals surface area contributed by atoms with Crippen molar-refractivity contribution in [2.45, 2.75) is 19.4 Å². The molecule has 0 saturated heterocycles. The summed E-state index contributed by atoms with van der Waals surface area (Å²) in [5.41, 5.74) is 6.57. The highest BCUT2D eigenvalue weighted by Crippen LogP contribution is 2.12. The van der Waals surface area contributed by atoms with Crippen molar-refractivity contribution in [3.8, 4) is 5.82 Å². The summed E-state index contributed by atoms with van der Waals surface area (Å²) in [7, 11) is 0. The van der Waals surface area contributed by atoms with Gasteiger partial charge in [0.1, 0.15) is 6.04 Å². The molecule has 9 nitrogen and oxygen atoms in total. The molecule has 0 aliphatic rings. The Morgan fingerprint density at radius 2 is 1.93 bits per heavy atom. The van der Waals surface area contributed by atoms with Crippen molar-refractivity contribution >= 4 is 29.2 Å². The fourth-order valence-electron chi connectivity index (χ4n) is 2.72. The van der Waals surface area contributed by atoms with Crippen LogP contribution in [0.1, 0.15) is 21.7 Å². The number of nitrogens with two attached hydrogens (primary N) is 1. The summed E-state index contributed by atoms with van der Waals surface area (Å²) >= 11 is 5.80. The minimum atomic E-state index is -1.12. The standard InChI is InChI=1S/C19H17ClN6O3/c1-11-9-14(25-26(11)15-7-8-22-19(20)24-15)18(29)23-13(16(27)17(21)28)10-12-5-3-2-4-6-12/h2-9,13H,10H2,1H3,(H2,21,28)(H,23,29). The number of Topliss-reactive ketones (excluding diaryl/α,β-unsaturated/α-hetero) is 1. The highest BCUT2D eigenvalue weighted by molar-refractivity contribution is 6.38. The van der Waals surface area contributed by atoms with Crippen LogP contribution in [0.4, 0.5) is 0 Å². The first-order valence-corrected chi connectivity index (χ1v) is 8.97. The van der Waals surface area contributed by atoms with Crippen LogP contribution in [0.15, 0.2) is 48.7 Å². The highest BCUT2D eigenvalue weighted by Gasteiger charge is 2.27. The first-order chi connectivity index (χ1) is 13.8. The Bertz CT molecular complexity index is 1070. The Hall–Kier alpha value is -3.59. The van der Waals surface area contributed by atoms with E-state index in [0.717, 1.165) is 5.56 Å². The van der Waals surface area contributed by atoms with E-state index in [0.29, 0.717) is 11.5 Å². The summed E-state index contributed by atoms with van der Waals surface area (Å²) in [6.07, 6.45) is 1.59. The number of aromatic nitrogens is 4. The maximum atomic E-state index is 12.7. The Balaban J connectivity index is 1.83. The number of hydrogen-bond donors (Lipinski definition) is 2. The van der Waals surface area contributed by atoms with E-state index in [1.54, 1.807) is 37.3 Å². The number of benzene rings is 1. The average Bonchev–Trinajstić information content (AvgIpc) is 3.09. The number of hydrogen-bond acceptors (Lipinski definition) is 6. The number of carbonyl (C=O) groups is 3. The minimum Gasteiger partial charge on any atom is -0.363 e. The summed E-state index contributed by atoms with van der Waals surface area (Å²) in [5.74, 6) is -2.25. The number of amides is 2. The van der Waals surface area contributed by atoms with E-state index in [2.05, 4.69) is 20.4 Å². The lowest BCUT2D eigenvalue weighted by molar-refractivity contribution is -0.137. The monoisotopic (exact) mass is 412 g/mol. The van der Waals surface area contributed by atoms with Crippen molar-refractivity contribution in [2.75, 3.05) is 0 Å². The van der Waals surface area contributed by atoms with Crippen molar-refractivity contribution in [1.29, 1.82) is 0 Å². The van der Waals surface area contributed by atoms with Crippen molar-refractivity contribution in [2.24, 2.45) is 5.73 Å². The quantitative estimate of drug-likeness (QED) is 0.439. The molecule has 1 aromatic carbocycles. The van der Waals surface area contributed by atoms with Crippen LogP contribution in [-0.2, 0) is 16.0 Å². The predicted molar refractivity (Wildman–Crippen MR) is 105 cm³/mol. The van der Waals surface area contributed by atoms with Crippen molar-refractivity contribution < 1.29 is 14.4 Å². The molecule has 1 unspecified atom stereocenters. The molecule has 2 aromatic heterocycles. The van der Waals surface area contributed by atoms with E-state index in [1.165, 1.54) is 16.9 Å². The fourth-order valence-corrected chi connectivity index (χ4v) is 2.87. The van der Waals surface area contributed by atoms with E-state index in [1.807, 2.05) is 6.07 Å². The van der Waals surface area contributed by atoms with E-state index >= 15 is 0 Å². The van der Waals surface area contributed by atoms with E-state index in [4.69, 9.17) is 17.3 Å². The van der Waals surface area contributed by atoms with Crippen LogP contribution in [0.5, 0.6) is 0 Å². The first kappa shape index (κ1) is 20.2. The maximum absolute atomic E-state index is 12.7. The third-order valence-electron chi connectivity index (χ3n) is 4.10. The Labute approximate surface area is 170 Å². The second-order valence-corrected chi connectivity index (χ2v) is 6.55. The van der Waals surface area contributed by atoms with Gasteiger partial charge in [-0.2, -0.15) is 10.1 Å². The number of nitrogens with zero attached hydrogens (tertiary/aromatic N) is 4. The summed E-state index contributed by atoms with van der Waals surface area (Å²) in [5, 5.41) is 6.80. The van der Waals surface area contributed by atoms with Gasteiger partial charge in [0.25, 0.3) is 11.8 Å². The van der Waals surface area contributed by atoms with Gasteiger partial charge in [-0.15, -0.1) is 0 Å². The molecule has 0 saturated carbocycles. The smallest absolute Gasteiger partial charge is 0.287 e. The van der Waals surface area contributed by atoms with Crippen LogP contribution in [0.2, 0.25) is 5.28 Å². The molecule has 0 aliphatic carbocycles. The van der Waals surface area contributed by atoms with E-state index < -0.39 is 23.6 Å². The molecule has 10 heteroatoms. The topological polar surface area (TPSA) is 133 Å². The number of carbonyl (C=O) groups excluding carboxylic acids is 3. The van der Waals surface area contributed by atoms with Crippen LogP contribution in [0.25, 0.3) is 5.82 Å². The van der Waals surface area contributed by atoms with Gasteiger partial charge in [-0.25, -0.2) is 9.67 Å². The van der Waals surface area contributed by atoms with Gasteiger partial charge < -0.3 is 11.1 Å². The minimum absolute atomic E-state index is 0.0402. The van der Waals surface area contributed by atoms with Gasteiger partial charge in [0.15, 0.2) is 11.5 Å². The zero-order valence-electron chi connectivity index (χ0n) is 15.4. The van der Waals surface area contributed by atoms with Gasteiger partial charge >= 0.3 is 0 Å². The van der Waals surface area contributed by atoms with Gasteiger partial charge in [-0.05, 0) is 30.2 Å². The Kier molecular flexibility index (Phi) is 5.99. The largest absolute Gasteiger partial charge is 0.363 e. The Morgan fingerprint density at radius 3 is 2.59 bits per heavy atom. The highest BCUT2D eigenvalue weighted by atomic mass is 35.5. The summed E-state index contributed by atoms with van der Waals surface area (Å²) in [6, 6.07) is 11.0. The van der Waals surface area contributed by atoms with Gasteiger partial charge in [-0.1, -0.05) is 30.3 Å². The zero-order valence-corrected chi connectivity index (χ0v) is 16.1. The molecule has 29 heavy (non-hydrogen) atoms. The van der Waals surface area contributed by atoms with Gasteiger partial charge in [0.05, 0.1) is 0 Å². The number of aryl methyl sites for hydroxylation is 1. The summed E-state index contributed by atoms with van der Waals surface area (Å²) in [6.45, 7) is 1.73. The van der Waals surface area contributed by atoms with Crippen LogP contribution >= 0.6 is 11.6 Å². The molecular formula is C19H17ClN6O3. The van der Waals surface area contributed by atoms with Crippen LogP contribution in [0.3, 0.4) is 0 Å². The van der Waals surface area contributed by atoms with Crippen LogP contribution in [-0.4, -0.2) is 43.4 Å². The fraction of sp³-hybridized carbons (Fsp3) is 0.158. The number of nitrogens with one attached hydrogen (secondary N) is 1. The molecule has 0 aliphatic heterocycles. The molecule has 0 fully saturated rings. The molecular weight excluding hydrogens is 396 g/mol. The summed E-state index contributed by atoms with van der Waals surface area (Å²) in [4.78, 5) is 44.1. The lowest BCUT2D eigenvalue weighted by Gasteiger charge is -2.15. The number of ketones is 1. The number of rotatable bonds is 7. The second-order valence-electron chi connectivity index (χ2n) is 6.21. The van der Waals surface area contributed by atoms with Crippen LogP contribution < -0.4 is 11.1 Å². The van der Waals surface area contributed by atoms with E-state index in [-0.39, 0.29) is 17.4 Å². The van der Waals surface area contributed by atoms with Gasteiger partial charge in [-0.3, -0.25) is 14.4 Å². The molecule has 0 bridgehead atoms. The molecule has 2 amide bonds. The van der Waals surface area contributed by atoms with Gasteiger partial charge in [0.2, 0.25) is 11.1 Å². The second kappa shape index (κ2) is 8.61. The van der Waals surface area contributed by atoms with E-state index in [9.17, 15) is 14.4 Å². The molecule has 148 valence electrons. The maximum Gasteiger partial charge on any atom is 0.287 e. The first-order valence-electron chi connectivity index (χ1n) is 8.59. The van der Waals surface area contributed by atoms with Crippen molar-refractivity contribution in [1.82, 2.24) is 25.1 Å². The molecule has 2 heterocycles. The predicted octanol–water partition coefficient (Wildman–Crippen LogP) is 1.02. The molecule has 1 atom stereocenters. The Morgan fingerprint density at radius 1 is 1.21 bits per heavy atom.